The number of hydrogen-bond donors (Lipinski definition) is 2. The van der Waals surface area contributed by atoms with Crippen LogP contribution in [0.25, 0.3) is 0 Å². The molecule has 0 aliphatic rings. The summed E-state index contributed by atoms with van der Waals surface area (Å²) in [6, 6.07) is 12.4. The van der Waals surface area contributed by atoms with Gasteiger partial charge in [0.25, 0.3) is 5.69 Å². The number of urea groups is 1. The van der Waals surface area contributed by atoms with Crippen LogP contribution in [0.15, 0.2) is 48.5 Å². The van der Waals surface area contributed by atoms with E-state index in [1.807, 2.05) is 19.1 Å². The first-order valence-corrected chi connectivity index (χ1v) is 7.45. The summed E-state index contributed by atoms with van der Waals surface area (Å²) in [5.41, 5.74) is 1.42. The molecule has 0 aliphatic carbocycles. The number of nitrogens with zero attached hydrogens (tertiary/aromatic N) is 1. The smallest absolute Gasteiger partial charge is 0.319 e. The second-order valence-electron chi connectivity index (χ2n) is 4.91. The SMILES string of the molecule is CC[C@H](NC(=O)Nc1ccc([N+](=O)[O-])cc1)c1ccc(Cl)cc1. The van der Waals surface area contributed by atoms with Gasteiger partial charge in [0.1, 0.15) is 0 Å². The number of carbonyl (C=O) groups is 1. The van der Waals surface area contributed by atoms with Gasteiger partial charge in [-0.2, -0.15) is 0 Å². The number of nitro groups is 1. The van der Waals surface area contributed by atoms with E-state index >= 15 is 0 Å². The number of benzene rings is 2. The van der Waals surface area contributed by atoms with Crippen LogP contribution in [0.4, 0.5) is 16.2 Å². The Balaban J connectivity index is 1.99. The van der Waals surface area contributed by atoms with E-state index in [1.165, 1.54) is 24.3 Å². The number of anilines is 1. The van der Waals surface area contributed by atoms with Gasteiger partial charge < -0.3 is 10.6 Å². The van der Waals surface area contributed by atoms with Crippen LogP contribution in [-0.4, -0.2) is 11.0 Å². The van der Waals surface area contributed by atoms with E-state index in [9.17, 15) is 14.9 Å². The maximum atomic E-state index is 12.1. The Morgan fingerprint density at radius 1 is 1.17 bits per heavy atom. The zero-order valence-electron chi connectivity index (χ0n) is 12.5. The number of non-ortho nitro benzene ring substituents is 1. The molecule has 0 aliphatic heterocycles. The topological polar surface area (TPSA) is 84.3 Å². The third-order valence-corrected chi connectivity index (χ3v) is 3.57. The molecule has 6 nitrogen and oxygen atoms in total. The molecule has 0 spiro atoms. The van der Waals surface area contributed by atoms with Crippen molar-refractivity contribution in [3.8, 4) is 0 Å². The van der Waals surface area contributed by atoms with E-state index < -0.39 is 4.92 Å². The third kappa shape index (κ3) is 4.69. The lowest BCUT2D eigenvalue weighted by Crippen LogP contribution is -2.32. The fraction of sp³-hybridized carbons (Fsp3) is 0.188. The van der Waals surface area contributed by atoms with Gasteiger partial charge in [0.15, 0.2) is 0 Å². The molecule has 0 bridgehead atoms. The van der Waals surface area contributed by atoms with E-state index in [0.29, 0.717) is 10.7 Å². The average molecular weight is 334 g/mol. The van der Waals surface area contributed by atoms with Crippen LogP contribution in [0.2, 0.25) is 5.02 Å². The molecule has 0 aromatic heterocycles. The predicted octanol–water partition coefficient (Wildman–Crippen LogP) is 4.52. The van der Waals surface area contributed by atoms with Gasteiger partial charge in [-0.3, -0.25) is 10.1 Å². The van der Waals surface area contributed by atoms with Crippen LogP contribution < -0.4 is 10.6 Å². The molecule has 0 heterocycles. The second kappa shape index (κ2) is 7.60. The first-order valence-electron chi connectivity index (χ1n) is 7.07. The first kappa shape index (κ1) is 16.8. The summed E-state index contributed by atoms with van der Waals surface area (Å²) in [6.45, 7) is 1.96. The molecule has 0 fully saturated rings. The lowest BCUT2D eigenvalue weighted by molar-refractivity contribution is -0.384. The summed E-state index contributed by atoms with van der Waals surface area (Å²) < 4.78 is 0. The van der Waals surface area contributed by atoms with Gasteiger partial charge in [0.2, 0.25) is 0 Å². The Morgan fingerprint density at radius 3 is 2.30 bits per heavy atom. The zero-order valence-corrected chi connectivity index (χ0v) is 13.2. The summed E-state index contributed by atoms with van der Waals surface area (Å²) in [7, 11) is 0. The molecule has 23 heavy (non-hydrogen) atoms. The van der Waals surface area contributed by atoms with Crippen molar-refractivity contribution in [3.63, 3.8) is 0 Å². The van der Waals surface area contributed by atoms with Crippen LogP contribution in [0.1, 0.15) is 24.9 Å². The van der Waals surface area contributed by atoms with Gasteiger partial charge in [-0.05, 0) is 36.2 Å². The van der Waals surface area contributed by atoms with Crippen LogP contribution in [0.5, 0.6) is 0 Å². The molecule has 2 aromatic rings. The maximum absolute atomic E-state index is 12.1. The number of nitrogens with one attached hydrogen (secondary N) is 2. The summed E-state index contributed by atoms with van der Waals surface area (Å²) in [6.07, 6.45) is 0.718. The molecule has 0 unspecified atom stereocenters. The zero-order chi connectivity index (χ0) is 16.8. The molecule has 0 saturated heterocycles. The quantitative estimate of drug-likeness (QED) is 0.623. The van der Waals surface area contributed by atoms with Gasteiger partial charge in [-0.15, -0.1) is 0 Å². The van der Waals surface area contributed by atoms with E-state index in [0.717, 1.165) is 12.0 Å². The minimum Gasteiger partial charge on any atom is -0.331 e. The fourth-order valence-corrected chi connectivity index (χ4v) is 2.23. The van der Waals surface area contributed by atoms with Crippen LogP contribution in [-0.2, 0) is 0 Å². The largest absolute Gasteiger partial charge is 0.331 e. The Morgan fingerprint density at radius 2 is 1.78 bits per heavy atom. The average Bonchev–Trinajstić information content (AvgIpc) is 2.54. The molecular weight excluding hydrogens is 318 g/mol. The van der Waals surface area contributed by atoms with Crippen molar-refractivity contribution in [2.24, 2.45) is 0 Å². The molecule has 2 amide bonds. The number of hydrogen-bond acceptors (Lipinski definition) is 3. The fourth-order valence-electron chi connectivity index (χ4n) is 2.11. The van der Waals surface area contributed by atoms with E-state index in [4.69, 9.17) is 11.6 Å². The number of carbonyl (C=O) groups excluding carboxylic acids is 1. The Hall–Kier alpha value is -2.60. The molecule has 0 radical (unpaired) electrons. The van der Waals surface area contributed by atoms with Gasteiger partial charge in [-0.25, -0.2) is 4.79 Å². The Kier molecular flexibility index (Phi) is 5.54. The highest BCUT2D eigenvalue weighted by Crippen LogP contribution is 2.20. The third-order valence-electron chi connectivity index (χ3n) is 3.32. The normalized spacial score (nSPS) is 11.6. The first-order chi connectivity index (χ1) is 11.0. The van der Waals surface area contributed by atoms with Gasteiger partial charge >= 0.3 is 6.03 Å². The van der Waals surface area contributed by atoms with Crippen molar-refractivity contribution < 1.29 is 9.72 Å². The van der Waals surface area contributed by atoms with Crippen LogP contribution in [0, 0.1) is 10.1 Å². The van der Waals surface area contributed by atoms with Crippen molar-refractivity contribution in [2.45, 2.75) is 19.4 Å². The van der Waals surface area contributed by atoms with Crippen molar-refractivity contribution in [1.29, 1.82) is 0 Å². The number of rotatable bonds is 5. The van der Waals surface area contributed by atoms with Crippen LogP contribution in [0.3, 0.4) is 0 Å². The lowest BCUT2D eigenvalue weighted by atomic mass is 10.1. The molecule has 2 aromatic carbocycles. The summed E-state index contributed by atoms with van der Waals surface area (Å²) in [5.74, 6) is 0. The summed E-state index contributed by atoms with van der Waals surface area (Å²) in [5, 5.41) is 16.8. The minimum atomic E-state index is -0.489. The summed E-state index contributed by atoms with van der Waals surface area (Å²) in [4.78, 5) is 22.2. The molecule has 1 atom stereocenters. The van der Waals surface area contributed by atoms with E-state index in [1.54, 1.807) is 12.1 Å². The number of halogens is 1. The lowest BCUT2D eigenvalue weighted by Gasteiger charge is -2.18. The highest BCUT2D eigenvalue weighted by Gasteiger charge is 2.13. The highest BCUT2D eigenvalue weighted by atomic mass is 35.5. The van der Waals surface area contributed by atoms with E-state index in [-0.39, 0.29) is 17.8 Å². The predicted molar refractivity (Wildman–Crippen MR) is 89.7 cm³/mol. The monoisotopic (exact) mass is 333 g/mol. The van der Waals surface area contributed by atoms with Crippen molar-refractivity contribution >= 4 is 29.0 Å². The molecule has 7 heteroatoms. The number of nitro benzene ring substituents is 1. The minimum absolute atomic E-state index is 0.0245. The molecular formula is C16H16ClN3O3. The van der Waals surface area contributed by atoms with E-state index in [2.05, 4.69) is 10.6 Å². The van der Waals surface area contributed by atoms with Crippen molar-refractivity contribution in [2.75, 3.05) is 5.32 Å². The number of amides is 2. The second-order valence-corrected chi connectivity index (χ2v) is 5.35. The van der Waals surface area contributed by atoms with Gasteiger partial charge in [0, 0.05) is 22.8 Å². The van der Waals surface area contributed by atoms with Crippen molar-refractivity contribution in [1.82, 2.24) is 5.32 Å². The van der Waals surface area contributed by atoms with Gasteiger partial charge in [0.05, 0.1) is 11.0 Å². The standard InChI is InChI=1S/C16H16ClN3O3/c1-2-15(11-3-5-12(17)6-4-11)19-16(21)18-13-7-9-14(10-8-13)20(22)23/h3-10,15H,2H2,1H3,(H2,18,19,21)/t15-/m0/s1. The highest BCUT2D eigenvalue weighted by molar-refractivity contribution is 6.30. The molecule has 120 valence electrons. The molecule has 2 rings (SSSR count). The molecule has 2 N–H and O–H groups in total. The van der Waals surface area contributed by atoms with Crippen LogP contribution >= 0.6 is 11.6 Å². The molecule has 0 saturated carbocycles. The van der Waals surface area contributed by atoms with Crippen molar-refractivity contribution in [3.05, 3.63) is 69.2 Å². The Bertz CT molecular complexity index is 687. The Labute approximate surface area is 138 Å². The maximum Gasteiger partial charge on any atom is 0.319 e. The van der Waals surface area contributed by atoms with Gasteiger partial charge in [-0.1, -0.05) is 30.7 Å². The summed E-state index contributed by atoms with van der Waals surface area (Å²) >= 11 is 5.86.